The number of nitrogens with zero attached hydrogens (tertiary/aromatic N) is 1. The van der Waals surface area contributed by atoms with Gasteiger partial charge in [0.05, 0.1) is 4.90 Å². The van der Waals surface area contributed by atoms with E-state index < -0.39 is 10.0 Å². The average molecular weight is 282 g/mol. The molecule has 4 nitrogen and oxygen atoms in total. The van der Waals surface area contributed by atoms with Crippen LogP contribution in [0.5, 0.6) is 0 Å². The average Bonchev–Trinajstić information content (AvgIpc) is 2.37. The Bertz CT molecular complexity index is 520. The molecule has 0 bridgehead atoms. The molecule has 0 saturated carbocycles. The molecule has 5 heteroatoms. The molecule has 1 aromatic carbocycles. The Morgan fingerprint density at radius 1 is 1.26 bits per heavy atom. The molecule has 0 radical (unpaired) electrons. The van der Waals surface area contributed by atoms with Crippen LogP contribution in [0.2, 0.25) is 0 Å². The highest BCUT2D eigenvalue weighted by molar-refractivity contribution is 7.89. The van der Waals surface area contributed by atoms with Gasteiger partial charge >= 0.3 is 0 Å². The summed E-state index contributed by atoms with van der Waals surface area (Å²) in [6, 6.07) is 7.06. The van der Waals surface area contributed by atoms with Crippen LogP contribution in [0.1, 0.15) is 24.8 Å². The monoisotopic (exact) mass is 282 g/mol. The van der Waals surface area contributed by atoms with Gasteiger partial charge in [-0.3, -0.25) is 0 Å². The first-order valence-corrected chi connectivity index (χ1v) is 8.30. The minimum absolute atomic E-state index is 0.280. The maximum Gasteiger partial charge on any atom is 0.238 e. The van der Waals surface area contributed by atoms with E-state index >= 15 is 0 Å². The van der Waals surface area contributed by atoms with Crippen molar-refractivity contribution >= 4 is 10.0 Å². The van der Waals surface area contributed by atoms with Crippen LogP contribution in [0, 0.1) is 5.92 Å². The zero-order chi connectivity index (χ0) is 13.9. The van der Waals surface area contributed by atoms with E-state index in [1.54, 1.807) is 12.1 Å². The van der Waals surface area contributed by atoms with Crippen LogP contribution < -0.4 is 5.14 Å². The molecule has 1 aromatic rings. The van der Waals surface area contributed by atoms with Crippen LogP contribution in [0.4, 0.5) is 0 Å². The lowest BCUT2D eigenvalue weighted by atomic mass is 9.91. The summed E-state index contributed by atoms with van der Waals surface area (Å²) in [4.78, 5) is 2.62. The number of sulfonamides is 1. The molecule has 2 N–H and O–H groups in total. The fourth-order valence-electron chi connectivity index (χ4n) is 2.70. The lowest BCUT2D eigenvalue weighted by molar-refractivity contribution is 0.212. The second kappa shape index (κ2) is 6.03. The summed E-state index contributed by atoms with van der Waals surface area (Å²) < 4.78 is 23.0. The zero-order valence-corrected chi connectivity index (χ0v) is 12.2. The van der Waals surface area contributed by atoms with Crippen molar-refractivity contribution in [3.05, 3.63) is 29.8 Å². The number of piperidine rings is 1. The van der Waals surface area contributed by atoms with Crippen molar-refractivity contribution in [2.24, 2.45) is 11.1 Å². The number of primary sulfonamides is 1. The number of rotatable bonds is 4. The third-order valence-electron chi connectivity index (χ3n) is 3.94. The number of benzene rings is 1. The van der Waals surface area contributed by atoms with E-state index in [0.717, 1.165) is 31.5 Å². The molecule has 0 spiro atoms. The molecule has 19 heavy (non-hydrogen) atoms. The van der Waals surface area contributed by atoms with Crippen molar-refractivity contribution in [3.63, 3.8) is 0 Å². The summed E-state index contributed by atoms with van der Waals surface area (Å²) in [6.45, 7) is 2.28. The highest BCUT2D eigenvalue weighted by atomic mass is 32.2. The normalized spacial score (nSPS) is 18.6. The van der Waals surface area contributed by atoms with E-state index in [4.69, 9.17) is 5.14 Å². The summed E-state index contributed by atoms with van der Waals surface area (Å²) in [7, 11) is -1.46. The van der Waals surface area contributed by atoms with Crippen LogP contribution in [0.3, 0.4) is 0 Å². The maximum absolute atomic E-state index is 11.5. The van der Waals surface area contributed by atoms with Crippen LogP contribution >= 0.6 is 0 Å². The van der Waals surface area contributed by atoms with E-state index in [9.17, 15) is 8.42 Å². The molecular formula is C14H22N2O2S. The van der Waals surface area contributed by atoms with Gasteiger partial charge in [-0.05, 0) is 63.4 Å². The summed E-state index contributed by atoms with van der Waals surface area (Å²) >= 11 is 0. The predicted octanol–water partition coefficient (Wildman–Crippen LogP) is 1.61. The first kappa shape index (κ1) is 14.5. The van der Waals surface area contributed by atoms with E-state index in [2.05, 4.69) is 11.9 Å². The van der Waals surface area contributed by atoms with E-state index in [0.29, 0.717) is 5.92 Å². The van der Waals surface area contributed by atoms with Gasteiger partial charge < -0.3 is 4.90 Å². The highest BCUT2D eigenvalue weighted by Crippen LogP contribution is 2.23. The second-order valence-corrected chi connectivity index (χ2v) is 6.97. The largest absolute Gasteiger partial charge is 0.306 e. The molecule has 1 fully saturated rings. The van der Waals surface area contributed by atoms with Gasteiger partial charge in [0.15, 0.2) is 0 Å². The van der Waals surface area contributed by atoms with E-state index in [-0.39, 0.29) is 4.90 Å². The third-order valence-corrected chi connectivity index (χ3v) is 4.95. The van der Waals surface area contributed by atoms with Crippen molar-refractivity contribution in [1.29, 1.82) is 0 Å². The Balaban J connectivity index is 2.00. The quantitative estimate of drug-likeness (QED) is 0.912. The van der Waals surface area contributed by atoms with E-state index in [1.807, 2.05) is 12.1 Å². The SMILES string of the molecule is CN1CCC(CCc2ccccc2S(N)(=O)=O)CC1. The van der Waals surface area contributed by atoms with Crippen LogP contribution in [0.25, 0.3) is 0 Å². The Morgan fingerprint density at radius 2 is 1.89 bits per heavy atom. The zero-order valence-electron chi connectivity index (χ0n) is 11.4. The van der Waals surface area contributed by atoms with Gasteiger partial charge in [0.2, 0.25) is 10.0 Å². The molecule has 0 aromatic heterocycles. The van der Waals surface area contributed by atoms with Crippen LogP contribution in [-0.2, 0) is 16.4 Å². The predicted molar refractivity (Wildman–Crippen MR) is 76.4 cm³/mol. The van der Waals surface area contributed by atoms with Gasteiger partial charge in [-0.25, -0.2) is 13.6 Å². The highest BCUT2D eigenvalue weighted by Gasteiger charge is 2.18. The molecule has 1 aliphatic rings. The number of aryl methyl sites for hydroxylation is 1. The lowest BCUT2D eigenvalue weighted by Gasteiger charge is -2.29. The molecule has 0 atom stereocenters. The summed E-state index contributed by atoms with van der Waals surface area (Å²) in [5.74, 6) is 0.699. The smallest absolute Gasteiger partial charge is 0.238 e. The molecule has 106 valence electrons. The van der Waals surface area contributed by atoms with Gasteiger partial charge in [0, 0.05) is 0 Å². The summed E-state index contributed by atoms with van der Waals surface area (Å²) in [6.07, 6.45) is 4.24. The molecule has 1 aliphatic heterocycles. The van der Waals surface area contributed by atoms with Crippen molar-refractivity contribution in [2.75, 3.05) is 20.1 Å². The molecule has 0 amide bonds. The minimum atomic E-state index is -3.60. The number of hydrogen-bond acceptors (Lipinski definition) is 3. The molecule has 0 unspecified atom stereocenters. The maximum atomic E-state index is 11.5. The van der Waals surface area contributed by atoms with Gasteiger partial charge in [0.1, 0.15) is 0 Å². The Hall–Kier alpha value is -0.910. The van der Waals surface area contributed by atoms with Crippen LogP contribution in [-0.4, -0.2) is 33.5 Å². The van der Waals surface area contributed by atoms with Gasteiger partial charge in [-0.2, -0.15) is 0 Å². The first-order valence-electron chi connectivity index (χ1n) is 6.76. The molecule has 2 rings (SSSR count). The van der Waals surface area contributed by atoms with Crippen molar-refractivity contribution in [2.45, 2.75) is 30.6 Å². The Kier molecular flexibility index (Phi) is 4.60. The number of likely N-dealkylation sites (tertiary alicyclic amines) is 1. The minimum Gasteiger partial charge on any atom is -0.306 e. The topological polar surface area (TPSA) is 63.4 Å². The Morgan fingerprint density at radius 3 is 2.53 bits per heavy atom. The number of hydrogen-bond donors (Lipinski definition) is 1. The summed E-state index contributed by atoms with van der Waals surface area (Å²) in [5.41, 5.74) is 0.851. The molecule has 0 aliphatic carbocycles. The Labute approximate surface area is 115 Å². The molecule has 1 saturated heterocycles. The number of nitrogens with two attached hydrogens (primary N) is 1. The standard InChI is InChI=1S/C14H22N2O2S/c1-16-10-8-12(9-11-16)6-7-13-4-2-3-5-14(13)19(15,17)18/h2-5,12H,6-11H2,1H3,(H2,15,17,18). The third kappa shape index (κ3) is 4.03. The van der Waals surface area contributed by atoms with Crippen molar-refractivity contribution in [3.8, 4) is 0 Å². The second-order valence-electron chi connectivity index (χ2n) is 5.44. The lowest BCUT2D eigenvalue weighted by Crippen LogP contribution is -2.30. The van der Waals surface area contributed by atoms with Crippen molar-refractivity contribution in [1.82, 2.24) is 4.90 Å². The molecular weight excluding hydrogens is 260 g/mol. The van der Waals surface area contributed by atoms with Gasteiger partial charge in [0.25, 0.3) is 0 Å². The van der Waals surface area contributed by atoms with Crippen LogP contribution in [0.15, 0.2) is 29.2 Å². The first-order chi connectivity index (χ1) is 8.97. The van der Waals surface area contributed by atoms with E-state index in [1.165, 1.54) is 12.8 Å². The fourth-order valence-corrected chi connectivity index (χ4v) is 3.50. The van der Waals surface area contributed by atoms with Crippen molar-refractivity contribution < 1.29 is 8.42 Å². The summed E-state index contributed by atoms with van der Waals surface area (Å²) in [5, 5.41) is 5.25. The van der Waals surface area contributed by atoms with Gasteiger partial charge in [-0.1, -0.05) is 18.2 Å². The molecule has 1 heterocycles. The van der Waals surface area contributed by atoms with Gasteiger partial charge in [-0.15, -0.1) is 0 Å². The fraction of sp³-hybridized carbons (Fsp3) is 0.571.